The Labute approximate surface area is 154 Å². The van der Waals surface area contributed by atoms with E-state index in [4.69, 9.17) is 4.74 Å². The summed E-state index contributed by atoms with van der Waals surface area (Å²) in [5, 5.41) is 5.66. The highest BCUT2D eigenvalue weighted by molar-refractivity contribution is 7.22. The van der Waals surface area contributed by atoms with Crippen LogP contribution in [0.1, 0.15) is 5.56 Å². The van der Waals surface area contributed by atoms with E-state index < -0.39 is 0 Å². The Hall–Kier alpha value is -3.18. The maximum atomic E-state index is 12.3. The zero-order valence-electron chi connectivity index (χ0n) is 14.1. The van der Waals surface area contributed by atoms with E-state index >= 15 is 0 Å². The first kappa shape index (κ1) is 16.3. The number of fused-ring (bicyclic) bond motifs is 2. The average molecular weight is 360 g/mol. The van der Waals surface area contributed by atoms with Crippen LogP contribution in [-0.4, -0.2) is 18.0 Å². The molecule has 0 aliphatic heterocycles. The van der Waals surface area contributed by atoms with E-state index in [0.717, 1.165) is 32.3 Å². The number of rotatable bonds is 4. The molecule has 1 heterocycles. The molecule has 0 aliphatic carbocycles. The molecule has 26 heavy (non-hydrogen) atoms. The number of thiazole rings is 1. The first-order valence-corrected chi connectivity index (χ1v) is 8.96. The Kier molecular flexibility index (Phi) is 4.37. The molecule has 1 N–H and O–H groups in total. The summed E-state index contributed by atoms with van der Waals surface area (Å²) in [6.07, 6.45) is 3.36. The van der Waals surface area contributed by atoms with Crippen molar-refractivity contribution < 1.29 is 9.53 Å². The SMILES string of the molecule is COc1ccc2nc(NC(=O)C=Cc3cccc4ccccc34)sc2c1. The maximum absolute atomic E-state index is 12.3. The van der Waals surface area contributed by atoms with E-state index in [1.54, 1.807) is 7.11 Å². The van der Waals surface area contributed by atoms with Gasteiger partial charge in [0.25, 0.3) is 0 Å². The minimum absolute atomic E-state index is 0.205. The normalized spacial score (nSPS) is 11.3. The predicted molar refractivity (Wildman–Crippen MR) is 108 cm³/mol. The molecule has 0 atom stereocenters. The molecule has 5 heteroatoms. The number of nitrogens with zero attached hydrogens (tertiary/aromatic N) is 1. The van der Waals surface area contributed by atoms with Gasteiger partial charge in [0.1, 0.15) is 5.75 Å². The Morgan fingerprint density at radius 1 is 1.12 bits per heavy atom. The molecular formula is C21H16N2O2S. The molecule has 1 aromatic heterocycles. The van der Waals surface area contributed by atoms with Crippen molar-refractivity contribution in [2.24, 2.45) is 0 Å². The third kappa shape index (κ3) is 3.30. The van der Waals surface area contributed by atoms with Crippen LogP contribution in [0.4, 0.5) is 5.13 Å². The quantitative estimate of drug-likeness (QED) is 0.515. The number of carbonyl (C=O) groups is 1. The fourth-order valence-corrected chi connectivity index (χ4v) is 3.69. The van der Waals surface area contributed by atoms with Crippen LogP contribution in [-0.2, 0) is 4.79 Å². The molecule has 4 aromatic rings. The number of methoxy groups -OCH3 is 1. The second kappa shape index (κ2) is 6.98. The Bertz CT molecular complexity index is 1130. The van der Waals surface area contributed by atoms with E-state index in [-0.39, 0.29) is 5.91 Å². The molecule has 0 radical (unpaired) electrons. The van der Waals surface area contributed by atoms with Crippen LogP contribution in [0.5, 0.6) is 5.75 Å². The lowest BCUT2D eigenvalue weighted by atomic mass is 10.0. The van der Waals surface area contributed by atoms with Gasteiger partial charge in [-0.1, -0.05) is 53.8 Å². The second-order valence-electron chi connectivity index (χ2n) is 5.74. The molecule has 0 bridgehead atoms. The fourth-order valence-electron chi connectivity index (χ4n) is 2.79. The average Bonchev–Trinajstić information content (AvgIpc) is 3.07. The van der Waals surface area contributed by atoms with E-state index in [1.165, 1.54) is 17.4 Å². The smallest absolute Gasteiger partial charge is 0.250 e. The number of amides is 1. The minimum Gasteiger partial charge on any atom is -0.497 e. The zero-order valence-corrected chi connectivity index (χ0v) is 14.9. The van der Waals surface area contributed by atoms with Crippen molar-refractivity contribution in [3.8, 4) is 5.75 Å². The van der Waals surface area contributed by atoms with Crippen LogP contribution in [0.15, 0.2) is 66.7 Å². The van der Waals surface area contributed by atoms with Gasteiger partial charge in [0.2, 0.25) is 5.91 Å². The van der Waals surface area contributed by atoms with E-state index in [2.05, 4.69) is 22.4 Å². The van der Waals surface area contributed by atoms with Crippen LogP contribution >= 0.6 is 11.3 Å². The summed E-state index contributed by atoms with van der Waals surface area (Å²) in [7, 11) is 1.63. The molecule has 0 saturated carbocycles. The van der Waals surface area contributed by atoms with Gasteiger partial charge in [0, 0.05) is 6.08 Å². The Morgan fingerprint density at radius 3 is 2.85 bits per heavy atom. The topological polar surface area (TPSA) is 51.2 Å². The van der Waals surface area contributed by atoms with Gasteiger partial charge in [0.05, 0.1) is 17.3 Å². The number of benzene rings is 3. The van der Waals surface area contributed by atoms with Gasteiger partial charge in [-0.05, 0) is 40.6 Å². The monoisotopic (exact) mass is 360 g/mol. The molecule has 4 nitrogen and oxygen atoms in total. The van der Waals surface area contributed by atoms with Crippen molar-refractivity contribution >= 4 is 49.4 Å². The number of anilines is 1. The number of carbonyl (C=O) groups excluding carboxylic acids is 1. The molecule has 0 unspecified atom stereocenters. The number of nitrogens with one attached hydrogen (secondary N) is 1. The molecule has 0 aliphatic rings. The zero-order chi connectivity index (χ0) is 17.9. The van der Waals surface area contributed by atoms with Gasteiger partial charge in [-0.3, -0.25) is 10.1 Å². The van der Waals surface area contributed by atoms with Gasteiger partial charge in [-0.25, -0.2) is 4.98 Å². The van der Waals surface area contributed by atoms with Crippen LogP contribution in [0.2, 0.25) is 0 Å². The van der Waals surface area contributed by atoms with Crippen LogP contribution in [0.25, 0.3) is 27.1 Å². The van der Waals surface area contributed by atoms with Crippen LogP contribution < -0.4 is 10.1 Å². The van der Waals surface area contributed by atoms with Gasteiger partial charge in [0.15, 0.2) is 5.13 Å². The summed E-state index contributed by atoms with van der Waals surface area (Å²) in [6.45, 7) is 0. The first-order chi connectivity index (χ1) is 12.7. The van der Waals surface area contributed by atoms with Gasteiger partial charge in [-0.2, -0.15) is 0 Å². The summed E-state index contributed by atoms with van der Waals surface area (Å²) < 4.78 is 6.19. The van der Waals surface area contributed by atoms with Crippen LogP contribution in [0.3, 0.4) is 0 Å². The number of hydrogen-bond donors (Lipinski definition) is 1. The van der Waals surface area contributed by atoms with Crippen LogP contribution in [0, 0.1) is 0 Å². The summed E-state index contributed by atoms with van der Waals surface area (Å²) in [5.41, 5.74) is 1.84. The lowest BCUT2D eigenvalue weighted by molar-refractivity contribution is -0.111. The largest absolute Gasteiger partial charge is 0.497 e. The van der Waals surface area contributed by atoms with Crippen molar-refractivity contribution in [1.82, 2.24) is 4.98 Å². The number of aromatic nitrogens is 1. The summed E-state index contributed by atoms with van der Waals surface area (Å²) >= 11 is 1.42. The van der Waals surface area contributed by atoms with E-state index in [0.29, 0.717) is 5.13 Å². The molecule has 1 amide bonds. The maximum Gasteiger partial charge on any atom is 0.250 e. The minimum atomic E-state index is -0.205. The predicted octanol–water partition coefficient (Wildman–Crippen LogP) is 5.11. The molecule has 3 aromatic carbocycles. The van der Waals surface area contributed by atoms with E-state index in [1.807, 2.05) is 54.6 Å². The highest BCUT2D eigenvalue weighted by Gasteiger charge is 2.07. The van der Waals surface area contributed by atoms with Gasteiger partial charge in [-0.15, -0.1) is 0 Å². The lowest BCUT2D eigenvalue weighted by Gasteiger charge is -2.01. The number of hydrogen-bond acceptors (Lipinski definition) is 4. The Morgan fingerprint density at radius 2 is 1.96 bits per heavy atom. The van der Waals surface area contributed by atoms with Crippen molar-refractivity contribution in [3.63, 3.8) is 0 Å². The van der Waals surface area contributed by atoms with Crippen molar-refractivity contribution in [1.29, 1.82) is 0 Å². The summed E-state index contributed by atoms with van der Waals surface area (Å²) in [4.78, 5) is 16.7. The molecule has 0 fully saturated rings. The molecule has 0 spiro atoms. The highest BCUT2D eigenvalue weighted by atomic mass is 32.1. The lowest BCUT2D eigenvalue weighted by Crippen LogP contribution is -2.07. The summed E-state index contributed by atoms with van der Waals surface area (Å²) in [5.74, 6) is 0.568. The molecule has 0 saturated heterocycles. The standard InChI is InChI=1S/C21H16N2O2S/c1-25-16-10-11-18-19(13-16)26-21(22-18)23-20(24)12-9-15-7-4-6-14-5-2-3-8-17(14)15/h2-13H,1H3,(H,22,23,24). The van der Waals surface area contributed by atoms with Crippen molar-refractivity contribution in [2.75, 3.05) is 12.4 Å². The Balaban J connectivity index is 1.54. The molecular weight excluding hydrogens is 344 g/mol. The number of ether oxygens (including phenoxy) is 1. The third-order valence-corrected chi connectivity index (χ3v) is 5.00. The second-order valence-corrected chi connectivity index (χ2v) is 6.77. The van der Waals surface area contributed by atoms with Gasteiger partial charge < -0.3 is 4.74 Å². The third-order valence-electron chi connectivity index (χ3n) is 4.06. The van der Waals surface area contributed by atoms with E-state index in [9.17, 15) is 4.79 Å². The van der Waals surface area contributed by atoms with Crippen molar-refractivity contribution in [3.05, 3.63) is 72.3 Å². The highest BCUT2D eigenvalue weighted by Crippen LogP contribution is 2.29. The van der Waals surface area contributed by atoms with Gasteiger partial charge >= 0.3 is 0 Å². The summed E-state index contributed by atoms with van der Waals surface area (Å²) in [6, 6.07) is 19.8. The molecule has 128 valence electrons. The first-order valence-electron chi connectivity index (χ1n) is 8.14. The fraction of sp³-hybridized carbons (Fsp3) is 0.0476. The molecule has 4 rings (SSSR count). The van der Waals surface area contributed by atoms with Crippen molar-refractivity contribution in [2.45, 2.75) is 0 Å².